The minimum Gasteiger partial charge on any atom is -0.322 e. The van der Waals surface area contributed by atoms with E-state index < -0.39 is 0 Å². The largest absolute Gasteiger partial charge is 0.322 e. The van der Waals surface area contributed by atoms with Gasteiger partial charge in [-0.3, -0.25) is 4.79 Å². The van der Waals surface area contributed by atoms with Crippen molar-refractivity contribution in [3.05, 3.63) is 44.2 Å². The number of nitrogens with one attached hydrogen (secondary N) is 1. The van der Waals surface area contributed by atoms with Gasteiger partial charge in [-0.1, -0.05) is 23.2 Å². The monoisotopic (exact) mass is 227 g/mol. The molecule has 1 aromatic heterocycles. The van der Waals surface area contributed by atoms with Crippen LogP contribution in [0, 0.1) is 6.92 Å². The molecule has 0 aliphatic rings. The van der Waals surface area contributed by atoms with Crippen LogP contribution >= 0.6 is 23.2 Å². The number of halogens is 2. The number of aryl methyl sites for hydroxylation is 1. The van der Waals surface area contributed by atoms with Crippen LogP contribution in [-0.2, 0) is 0 Å². The maximum Gasteiger partial charge on any atom is 0.248 e. The molecule has 0 aliphatic carbocycles. The van der Waals surface area contributed by atoms with E-state index in [9.17, 15) is 4.79 Å². The third-order valence-electron chi connectivity index (χ3n) is 2.16. The molecule has 0 saturated heterocycles. The van der Waals surface area contributed by atoms with Crippen molar-refractivity contribution in [1.82, 2.24) is 4.98 Å². The van der Waals surface area contributed by atoms with Crippen molar-refractivity contribution in [2.24, 2.45) is 0 Å². The van der Waals surface area contributed by atoms with Gasteiger partial charge in [-0.15, -0.1) is 0 Å². The smallest absolute Gasteiger partial charge is 0.248 e. The van der Waals surface area contributed by atoms with Gasteiger partial charge in [0.2, 0.25) is 5.56 Å². The van der Waals surface area contributed by atoms with E-state index in [-0.39, 0.29) is 5.56 Å². The summed E-state index contributed by atoms with van der Waals surface area (Å²) < 4.78 is 0. The Bertz CT molecular complexity index is 560. The molecule has 1 heterocycles. The van der Waals surface area contributed by atoms with E-state index >= 15 is 0 Å². The highest BCUT2D eigenvalue weighted by Crippen LogP contribution is 2.29. The predicted molar refractivity (Wildman–Crippen MR) is 59.3 cm³/mol. The maximum atomic E-state index is 11.1. The van der Waals surface area contributed by atoms with Crippen LogP contribution in [0.3, 0.4) is 0 Å². The van der Waals surface area contributed by atoms with Gasteiger partial charge in [0, 0.05) is 16.5 Å². The molecular formula is C10H7Cl2NO. The van der Waals surface area contributed by atoms with Crippen molar-refractivity contribution in [2.45, 2.75) is 6.92 Å². The first-order valence-electron chi connectivity index (χ1n) is 4.07. The zero-order valence-corrected chi connectivity index (χ0v) is 8.91. The van der Waals surface area contributed by atoms with Crippen molar-refractivity contribution >= 4 is 34.1 Å². The Hall–Kier alpha value is -0.990. The van der Waals surface area contributed by atoms with Gasteiger partial charge in [0.25, 0.3) is 0 Å². The summed E-state index contributed by atoms with van der Waals surface area (Å²) in [5, 5.41) is 1.92. The first-order chi connectivity index (χ1) is 6.59. The van der Waals surface area contributed by atoms with Gasteiger partial charge in [0.1, 0.15) is 0 Å². The Kier molecular flexibility index (Phi) is 2.25. The summed E-state index contributed by atoms with van der Waals surface area (Å²) in [4.78, 5) is 13.8. The van der Waals surface area contributed by atoms with Crippen molar-refractivity contribution in [1.29, 1.82) is 0 Å². The normalized spacial score (nSPS) is 10.8. The summed E-state index contributed by atoms with van der Waals surface area (Å²) in [6.07, 6.45) is 0. The van der Waals surface area contributed by atoms with E-state index in [0.29, 0.717) is 15.6 Å². The van der Waals surface area contributed by atoms with Crippen LogP contribution in [0.5, 0.6) is 0 Å². The van der Waals surface area contributed by atoms with Gasteiger partial charge in [-0.25, -0.2) is 0 Å². The number of aromatic amines is 1. The van der Waals surface area contributed by atoms with Crippen LogP contribution in [0.1, 0.15) is 5.56 Å². The Labute approximate surface area is 90.5 Å². The van der Waals surface area contributed by atoms with E-state index in [1.165, 1.54) is 6.07 Å². The number of H-pyrrole nitrogens is 1. The molecule has 0 spiro atoms. The van der Waals surface area contributed by atoms with Crippen LogP contribution in [0.25, 0.3) is 10.9 Å². The van der Waals surface area contributed by atoms with Crippen LogP contribution in [0.4, 0.5) is 0 Å². The average Bonchev–Trinajstić information content (AvgIpc) is 2.14. The number of hydrogen-bond donors (Lipinski definition) is 1. The molecule has 0 bridgehead atoms. The Balaban J connectivity index is 3.02. The van der Waals surface area contributed by atoms with Gasteiger partial charge < -0.3 is 4.98 Å². The second-order valence-electron chi connectivity index (χ2n) is 3.08. The molecule has 0 fully saturated rings. The highest BCUT2D eigenvalue weighted by Gasteiger charge is 2.06. The van der Waals surface area contributed by atoms with Gasteiger partial charge >= 0.3 is 0 Å². The van der Waals surface area contributed by atoms with Crippen molar-refractivity contribution in [3.63, 3.8) is 0 Å². The fourth-order valence-corrected chi connectivity index (χ4v) is 1.91. The molecule has 0 radical (unpaired) electrons. The molecule has 1 aromatic carbocycles. The highest BCUT2D eigenvalue weighted by atomic mass is 35.5. The molecule has 0 amide bonds. The topological polar surface area (TPSA) is 32.9 Å². The van der Waals surface area contributed by atoms with Crippen LogP contribution in [-0.4, -0.2) is 4.98 Å². The second kappa shape index (κ2) is 3.30. The summed E-state index contributed by atoms with van der Waals surface area (Å²) in [6.45, 7) is 1.84. The fraction of sp³-hybridized carbons (Fsp3) is 0.100. The summed E-state index contributed by atoms with van der Waals surface area (Å²) in [6, 6.07) is 4.82. The lowest BCUT2D eigenvalue weighted by molar-refractivity contribution is 1.28. The zero-order chi connectivity index (χ0) is 10.3. The van der Waals surface area contributed by atoms with E-state index in [1.807, 2.05) is 6.92 Å². The third kappa shape index (κ3) is 1.41. The number of aromatic nitrogens is 1. The van der Waals surface area contributed by atoms with Gasteiger partial charge in [-0.05, 0) is 24.6 Å². The third-order valence-corrected chi connectivity index (χ3v) is 2.87. The van der Waals surface area contributed by atoms with E-state index in [4.69, 9.17) is 23.2 Å². The van der Waals surface area contributed by atoms with E-state index in [0.717, 1.165) is 10.9 Å². The first kappa shape index (κ1) is 9.56. The minimum absolute atomic E-state index is 0.154. The summed E-state index contributed by atoms with van der Waals surface area (Å²) in [5.41, 5.74) is 1.39. The standard InChI is InChI=1S/C10H7Cl2NO/c1-5-7(11)4-8(12)6-2-3-9(14)13-10(5)6/h2-4H,1H3,(H,13,14). The van der Waals surface area contributed by atoms with Crippen molar-refractivity contribution in [2.75, 3.05) is 0 Å². The molecule has 2 nitrogen and oxygen atoms in total. The zero-order valence-electron chi connectivity index (χ0n) is 7.40. The molecule has 4 heteroatoms. The highest BCUT2D eigenvalue weighted by molar-refractivity contribution is 6.39. The first-order valence-corrected chi connectivity index (χ1v) is 4.83. The number of rotatable bonds is 0. The Morgan fingerprint density at radius 1 is 1.21 bits per heavy atom. The SMILES string of the molecule is Cc1c(Cl)cc(Cl)c2ccc(=O)[nH]c12. The predicted octanol–water partition coefficient (Wildman–Crippen LogP) is 3.14. The lowest BCUT2D eigenvalue weighted by Crippen LogP contribution is -2.03. The molecule has 2 rings (SSSR count). The lowest BCUT2D eigenvalue weighted by Gasteiger charge is -2.05. The quantitative estimate of drug-likeness (QED) is 0.738. The average molecular weight is 228 g/mol. The lowest BCUT2D eigenvalue weighted by atomic mass is 10.1. The number of fused-ring (bicyclic) bond motifs is 1. The van der Waals surface area contributed by atoms with Gasteiger partial charge in [0.15, 0.2) is 0 Å². The molecule has 0 saturated carbocycles. The van der Waals surface area contributed by atoms with Crippen LogP contribution in [0.15, 0.2) is 23.0 Å². The van der Waals surface area contributed by atoms with E-state index in [2.05, 4.69) is 4.98 Å². The molecule has 0 atom stereocenters. The van der Waals surface area contributed by atoms with Gasteiger partial charge in [0.05, 0.1) is 10.5 Å². The molecule has 0 unspecified atom stereocenters. The summed E-state index contributed by atoms with van der Waals surface area (Å²) in [5.74, 6) is 0. The minimum atomic E-state index is -0.154. The molecule has 1 N–H and O–H groups in total. The van der Waals surface area contributed by atoms with E-state index in [1.54, 1.807) is 12.1 Å². The molecule has 14 heavy (non-hydrogen) atoms. The van der Waals surface area contributed by atoms with Gasteiger partial charge in [-0.2, -0.15) is 0 Å². The Morgan fingerprint density at radius 2 is 1.93 bits per heavy atom. The summed E-state index contributed by atoms with van der Waals surface area (Å²) >= 11 is 11.9. The number of benzene rings is 1. The van der Waals surface area contributed by atoms with Crippen LogP contribution in [0.2, 0.25) is 10.0 Å². The number of pyridine rings is 1. The number of hydrogen-bond acceptors (Lipinski definition) is 1. The molecular weight excluding hydrogens is 221 g/mol. The second-order valence-corrected chi connectivity index (χ2v) is 3.89. The Morgan fingerprint density at radius 3 is 2.64 bits per heavy atom. The maximum absolute atomic E-state index is 11.1. The fourth-order valence-electron chi connectivity index (χ4n) is 1.39. The molecule has 0 aliphatic heterocycles. The summed E-state index contributed by atoms with van der Waals surface area (Å²) in [7, 11) is 0. The van der Waals surface area contributed by atoms with Crippen molar-refractivity contribution < 1.29 is 0 Å². The van der Waals surface area contributed by atoms with Crippen molar-refractivity contribution in [3.8, 4) is 0 Å². The van der Waals surface area contributed by atoms with Crippen LogP contribution < -0.4 is 5.56 Å². The molecule has 2 aromatic rings. The molecule has 72 valence electrons.